The summed E-state index contributed by atoms with van der Waals surface area (Å²) in [5.41, 5.74) is 1.10. The molecule has 0 radical (unpaired) electrons. The second-order valence-electron chi connectivity index (χ2n) is 3.26. The highest BCUT2D eigenvalue weighted by atomic mass is 16.5. The van der Waals surface area contributed by atoms with Crippen molar-refractivity contribution >= 4 is 0 Å². The van der Waals surface area contributed by atoms with Crippen LogP contribution in [0.15, 0.2) is 6.20 Å². The van der Waals surface area contributed by atoms with Crippen LogP contribution in [0.2, 0.25) is 0 Å². The first-order valence-corrected chi connectivity index (χ1v) is 4.57. The van der Waals surface area contributed by atoms with Crippen LogP contribution in [-0.4, -0.2) is 34.0 Å². The minimum Gasteiger partial charge on any atom is -0.506 e. The molecule has 1 unspecified atom stereocenters. The lowest BCUT2D eigenvalue weighted by Crippen LogP contribution is -2.10. The van der Waals surface area contributed by atoms with Crippen LogP contribution < -0.4 is 0 Å². The number of nitrogens with zero attached hydrogens (tertiary/aromatic N) is 1. The van der Waals surface area contributed by atoms with E-state index in [1.807, 2.05) is 0 Å². The molecule has 0 spiro atoms. The van der Waals surface area contributed by atoms with Gasteiger partial charge in [-0.2, -0.15) is 0 Å². The molecule has 5 heteroatoms. The second-order valence-corrected chi connectivity index (χ2v) is 3.26. The highest BCUT2D eigenvalue weighted by Gasteiger charge is 2.18. The topological polar surface area (TPSA) is 82.8 Å². The Kier molecular flexibility index (Phi) is 4.02. The Balaban J connectivity index is 3.17. The number of aliphatic hydroxyl groups is 2. The molecule has 0 fully saturated rings. The zero-order chi connectivity index (χ0) is 11.4. The van der Waals surface area contributed by atoms with Gasteiger partial charge in [0.2, 0.25) is 0 Å². The Hall–Kier alpha value is -1.17. The number of hydrogen-bond donors (Lipinski definition) is 3. The standard InChI is InChI=1S/C10H15NO4/c1-6-10(14)9(8(13)5-15-2)7(4-12)3-11-6/h3,8,12-14H,4-5H2,1-2H3. The van der Waals surface area contributed by atoms with Gasteiger partial charge in [0.05, 0.1) is 18.9 Å². The van der Waals surface area contributed by atoms with Crippen molar-refractivity contribution in [1.29, 1.82) is 0 Å². The van der Waals surface area contributed by atoms with Crippen molar-refractivity contribution in [3.8, 4) is 5.75 Å². The third-order valence-corrected chi connectivity index (χ3v) is 2.19. The molecule has 15 heavy (non-hydrogen) atoms. The van der Waals surface area contributed by atoms with Gasteiger partial charge in [-0.15, -0.1) is 0 Å². The molecule has 1 rings (SSSR count). The molecular weight excluding hydrogens is 198 g/mol. The van der Waals surface area contributed by atoms with E-state index in [2.05, 4.69) is 4.98 Å². The Morgan fingerprint density at radius 3 is 2.73 bits per heavy atom. The third-order valence-electron chi connectivity index (χ3n) is 2.19. The van der Waals surface area contributed by atoms with Crippen LogP contribution in [-0.2, 0) is 11.3 Å². The number of hydrogen-bond acceptors (Lipinski definition) is 5. The van der Waals surface area contributed by atoms with Crippen molar-refractivity contribution in [2.24, 2.45) is 0 Å². The van der Waals surface area contributed by atoms with Crippen LogP contribution in [0.5, 0.6) is 5.75 Å². The molecule has 0 aromatic carbocycles. The van der Waals surface area contributed by atoms with Crippen LogP contribution in [0.25, 0.3) is 0 Å². The van der Waals surface area contributed by atoms with Crippen molar-refractivity contribution in [2.45, 2.75) is 19.6 Å². The summed E-state index contributed by atoms with van der Waals surface area (Å²) in [6.07, 6.45) is 0.474. The quantitative estimate of drug-likeness (QED) is 0.668. The maximum absolute atomic E-state index is 9.72. The molecule has 0 aliphatic rings. The highest BCUT2D eigenvalue weighted by Crippen LogP contribution is 2.29. The lowest BCUT2D eigenvalue weighted by molar-refractivity contribution is 0.0612. The Bertz CT molecular complexity index is 340. The molecule has 5 nitrogen and oxygen atoms in total. The average Bonchev–Trinajstić information content (AvgIpc) is 2.22. The lowest BCUT2D eigenvalue weighted by Gasteiger charge is -2.16. The summed E-state index contributed by atoms with van der Waals surface area (Å²) in [5, 5.41) is 28.5. The maximum Gasteiger partial charge on any atom is 0.143 e. The van der Waals surface area contributed by atoms with Crippen molar-refractivity contribution in [1.82, 2.24) is 4.98 Å². The molecule has 1 aromatic rings. The van der Waals surface area contributed by atoms with Gasteiger partial charge in [0.15, 0.2) is 0 Å². The van der Waals surface area contributed by atoms with Crippen LogP contribution in [0.4, 0.5) is 0 Å². The minimum absolute atomic E-state index is 0.0595. The van der Waals surface area contributed by atoms with Gasteiger partial charge in [-0.25, -0.2) is 0 Å². The van der Waals surface area contributed by atoms with Gasteiger partial charge in [0.1, 0.15) is 11.9 Å². The fourth-order valence-electron chi connectivity index (χ4n) is 1.39. The van der Waals surface area contributed by atoms with E-state index in [0.717, 1.165) is 0 Å². The Morgan fingerprint density at radius 1 is 1.53 bits per heavy atom. The number of aromatic nitrogens is 1. The molecule has 0 bridgehead atoms. The minimum atomic E-state index is -0.959. The van der Waals surface area contributed by atoms with Crippen LogP contribution in [0, 0.1) is 6.92 Å². The van der Waals surface area contributed by atoms with E-state index in [1.54, 1.807) is 6.92 Å². The summed E-state index contributed by atoms with van der Waals surface area (Å²) in [4.78, 5) is 3.89. The summed E-state index contributed by atoms with van der Waals surface area (Å²) in [6, 6.07) is 0. The van der Waals surface area contributed by atoms with Gasteiger partial charge in [-0.05, 0) is 6.92 Å². The number of aromatic hydroxyl groups is 1. The molecule has 84 valence electrons. The number of aryl methyl sites for hydroxylation is 1. The molecular formula is C10H15NO4. The number of methoxy groups -OCH3 is 1. The van der Waals surface area contributed by atoms with Crippen molar-refractivity contribution in [2.75, 3.05) is 13.7 Å². The van der Waals surface area contributed by atoms with E-state index in [1.165, 1.54) is 13.3 Å². The van der Waals surface area contributed by atoms with E-state index >= 15 is 0 Å². The molecule has 1 heterocycles. The normalized spacial score (nSPS) is 12.8. The SMILES string of the molecule is COCC(O)c1c(CO)cnc(C)c1O. The first-order valence-electron chi connectivity index (χ1n) is 4.57. The Labute approximate surface area is 88.0 Å². The maximum atomic E-state index is 9.72. The molecule has 0 saturated carbocycles. The molecule has 1 aromatic heterocycles. The lowest BCUT2D eigenvalue weighted by atomic mass is 10.0. The van der Waals surface area contributed by atoms with Gasteiger partial charge >= 0.3 is 0 Å². The van der Waals surface area contributed by atoms with E-state index in [9.17, 15) is 10.2 Å². The van der Waals surface area contributed by atoms with E-state index in [-0.39, 0.29) is 24.5 Å². The molecule has 1 atom stereocenters. The second kappa shape index (κ2) is 5.06. The molecule has 3 N–H and O–H groups in total. The Morgan fingerprint density at radius 2 is 2.20 bits per heavy atom. The predicted octanol–water partition coefficient (Wildman–Crippen LogP) is 0.268. The van der Waals surface area contributed by atoms with E-state index in [0.29, 0.717) is 11.3 Å². The fourth-order valence-corrected chi connectivity index (χ4v) is 1.39. The van der Waals surface area contributed by atoms with Crippen LogP contribution in [0.3, 0.4) is 0 Å². The fraction of sp³-hybridized carbons (Fsp3) is 0.500. The van der Waals surface area contributed by atoms with Gasteiger partial charge < -0.3 is 20.1 Å². The summed E-state index contributed by atoms with van der Waals surface area (Å²) in [6.45, 7) is 1.40. The number of pyridine rings is 1. The van der Waals surface area contributed by atoms with Crippen molar-refractivity contribution < 1.29 is 20.1 Å². The van der Waals surface area contributed by atoms with Crippen molar-refractivity contribution in [3.63, 3.8) is 0 Å². The zero-order valence-electron chi connectivity index (χ0n) is 8.77. The monoisotopic (exact) mass is 213 g/mol. The zero-order valence-corrected chi connectivity index (χ0v) is 8.77. The summed E-state index contributed by atoms with van der Waals surface area (Å²) < 4.78 is 4.79. The van der Waals surface area contributed by atoms with Crippen molar-refractivity contribution in [3.05, 3.63) is 23.0 Å². The number of rotatable bonds is 4. The van der Waals surface area contributed by atoms with Gasteiger partial charge in [-0.3, -0.25) is 4.98 Å². The summed E-state index contributed by atoms with van der Waals surface area (Å²) in [5.74, 6) is -0.0916. The van der Waals surface area contributed by atoms with E-state index in [4.69, 9.17) is 9.84 Å². The number of aliphatic hydroxyl groups excluding tert-OH is 2. The van der Waals surface area contributed by atoms with Crippen LogP contribution in [0.1, 0.15) is 22.9 Å². The van der Waals surface area contributed by atoms with Gasteiger partial charge in [0.25, 0.3) is 0 Å². The van der Waals surface area contributed by atoms with Gasteiger partial charge in [0, 0.05) is 24.4 Å². The molecule has 0 aliphatic heterocycles. The molecule has 0 amide bonds. The average molecular weight is 213 g/mol. The number of ether oxygens (including phenoxy) is 1. The predicted molar refractivity (Wildman–Crippen MR) is 53.4 cm³/mol. The largest absolute Gasteiger partial charge is 0.506 e. The first kappa shape index (κ1) is 11.9. The third kappa shape index (κ3) is 2.44. The smallest absolute Gasteiger partial charge is 0.143 e. The molecule has 0 aliphatic carbocycles. The summed E-state index contributed by atoms with van der Waals surface area (Å²) >= 11 is 0. The molecule has 0 saturated heterocycles. The first-order chi connectivity index (χ1) is 7.11. The van der Waals surface area contributed by atoms with Crippen LogP contribution >= 0.6 is 0 Å². The van der Waals surface area contributed by atoms with Gasteiger partial charge in [-0.1, -0.05) is 0 Å². The summed E-state index contributed by atoms with van der Waals surface area (Å²) in [7, 11) is 1.45. The highest BCUT2D eigenvalue weighted by molar-refractivity contribution is 5.42. The van der Waals surface area contributed by atoms with E-state index < -0.39 is 6.10 Å².